The standard InChI is InChI=1S/C21H22FN5O2/c1-12-17(10-24-26(12)2)21(29)27-7-3-4-13(11-27)19-16(20(23)28)9-14-8-15(22)5-6-18(14)25-19/h5-6,8-10,13H,3-4,7,11H2,1-2H3,(H2,23,28). The van der Waals surface area contributed by atoms with Gasteiger partial charge in [0.2, 0.25) is 0 Å². The average molecular weight is 395 g/mol. The van der Waals surface area contributed by atoms with Crippen molar-refractivity contribution >= 4 is 22.7 Å². The van der Waals surface area contributed by atoms with Gasteiger partial charge >= 0.3 is 0 Å². The van der Waals surface area contributed by atoms with Crippen LogP contribution in [0.15, 0.2) is 30.5 Å². The minimum absolute atomic E-state index is 0.0798. The Morgan fingerprint density at radius 1 is 1.24 bits per heavy atom. The number of likely N-dealkylation sites (tertiary alicyclic amines) is 1. The molecule has 2 aromatic heterocycles. The van der Waals surface area contributed by atoms with Gasteiger partial charge in [-0.3, -0.25) is 19.3 Å². The van der Waals surface area contributed by atoms with Crippen molar-refractivity contribution in [2.24, 2.45) is 12.8 Å². The zero-order chi connectivity index (χ0) is 20.7. The molecule has 150 valence electrons. The number of nitrogens with two attached hydrogens (primary N) is 1. The number of hydrogen-bond acceptors (Lipinski definition) is 4. The molecule has 4 rings (SSSR count). The van der Waals surface area contributed by atoms with E-state index in [1.54, 1.807) is 35.0 Å². The summed E-state index contributed by atoms with van der Waals surface area (Å²) in [5, 5.41) is 4.68. The maximum Gasteiger partial charge on any atom is 0.257 e. The average Bonchev–Trinajstić information content (AvgIpc) is 3.05. The van der Waals surface area contributed by atoms with Crippen molar-refractivity contribution in [3.05, 3.63) is 58.8 Å². The molecule has 7 nitrogen and oxygen atoms in total. The minimum Gasteiger partial charge on any atom is -0.366 e. The predicted octanol–water partition coefficient (Wildman–Crippen LogP) is 2.53. The quantitative estimate of drug-likeness (QED) is 0.737. The molecular weight excluding hydrogens is 373 g/mol. The van der Waals surface area contributed by atoms with Gasteiger partial charge < -0.3 is 10.6 Å². The number of aromatic nitrogens is 3. The highest BCUT2D eigenvalue weighted by molar-refractivity contribution is 5.98. The molecule has 0 aliphatic carbocycles. The van der Waals surface area contributed by atoms with E-state index in [4.69, 9.17) is 5.73 Å². The summed E-state index contributed by atoms with van der Waals surface area (Å²) in [6.45, 7) is 2.93. The molecule has 1 atom stereocenters. The number of carbonyl (C=O) groups excluding carboxylic acids is 2. The molecule has 1 fully saturated rings. The summed E-state index contributed by atoms with van der Waals surface area (Å²) in [5.74, 6) is -1.21. The summed E-state index contributed by atoms with van der Waals surface area (Å²) in [6, 6.07) is 5.85. The van der Waals surface area contributed by atoms with E-state index in [1.807, 2.05) is 6.92 Å². The van der Waals surface area contributed by atoms with Crippen LogP contribution in [0.2, 0.25) is 0 Å². The number of fused-ring (bicyclic) bond motifs is 1. The van der Waals surface area contributed by atoms with Crippen molar-refractivity contribution in [1.29, 1.82) is 0 Å². The van der Waals surface area contributed by atoms with Gasteiger partial charge in [0.15, 0.2) is 0 Å². The second kappa shape index (κ2) is 7.27. The van der Waals surface area contributed by atoms with E-state index < -0.39 is 11.7 Å². The van der Waals surface area contributed by atoms with Crippen LogP contribution in [0.5, 0.6) is 0 Å². The Morgan fingerprint density at radius 2 is 2.03 bits per heavy atom. The SMILES string of the molecule is Cc1c(C(=O)N2CCCC(c3nc4ccc(F)cc4cc3C(N)=O)C2)cnn1C. The zero-order valence-electron chi connectivity index (χ0n) is 16.4. The van der Waals surface area contributed by atoms with Gasteiger partial charge in [0, 0.05) is 37.1 Å². The molecule has 3 heterocycles. The summed E-state index contributed by atoms with van der Waals surface area (Å²) >= 11 is 0. The lowest BCUT2D eigenvalue weighted by Gasteiger charge is -2.33. The highest BCUT2D eigenvalue weighted by Gasteiger charge is 2.30. The van der Waals surface area contributed by atoms with E-state index >= 15 is 0 Å². The molecular formula is C21H22FN5O2. The Kier molecular flexibility index (Phi) is 4.77. The van der Waals surface area contributed by atoms with Crippen LogP contribution in [0, 0.1) is 12.7 Å². The number of aryl methyl sites for hydroxylation is 1. The summed E-state index contributed by atoms with van der Waals surface area (Å²) < 4.78 is 15.2. The molecule has 0 spiro atoms. The summed E-state index contributed by atoms with van der Waals surface area (Å²) in [5.41, 5.74) is 8.41. The summed E-state index contributed by atoms with van der Waals surface area (Å²) in [7, 11) is 1.80. The molecule has 1 aromatic carbocycles. The number of pyridine rings is 1. The van der Waals surface area contributed by atoms with Gasteiger partial charge in [-0.05, 0) is 44.0 Å². The Hall–Kier alpha value is -3.29. The number of primary amides is 1. The van der Waals surface area contributed by atoms with Gasteiger partial charge in [0.1, 0.15) is 5.82 Å². The van der Waals surface area contributed by atoms with Gasteiger partial charge in [0.25, 0.3) is 11.8 Å². The van der Waals surface area contributed by atoms with Crippen LogP contribution in [0.25, 0.3) is 10.9 Å². The van der Waals surface area contributed by atoms with Crippen LogP contribution in [0.4, 0.5) is 4.39 Å². The summed E-state index contributed by atoms with van der Waals surface area (Å²) in [6.07, 6.45) is 3.16. The van der Waals surface area contributed by atoms with Gasteiger partial charge in [-0.25, -0.2) is 4.39 Å². The number of carbonyl (C=O) groups is 2. The van der Waals surface area contributed by atoms with E-state index in [9.17, 15) is 14.0 Å². The van der Waals surface area contributed by atoms with Gasteiger partial charge in [-0.15, -0.1) is 0 Å². The first-order valence-corrected chi connectivity index (χ1v) is 9.53. The molecule has 2 N–H and O–H groups in total. The second-order valence-electron chi connectivity index (χ2n) is 7.48. The van der Waals surface area contributed by atoms with Crippen molar-refractivity contribution in [3.63, 3.8) is 0 Å². The Bertz CT molecular complexity index is 1120. The van der Waals surface area contributed by atoms with Gasteiger partial charge in [-0.2, -0.15) is 5.10 Å². The van der Waals surface area contributed by atoms with E-state index in [1.165, 1.54) is 12.1 Å². The van der Waals surface area contributed by atoms with Crippen LogP contribution < -0.4 is 5.73 Å². The first-order chi connectivity index (χ1) is 13.8. The third-order valence-electron chi connectivity index (χ3n) is 5.63. The van der Waals surface area contributed by atoms with Crippen LogP contribution in [0.3, 0.4) is 0 Å². The third-order valence-corrected chi connectivity index (χ3v) is 5.63. The molecule has 1 saturated heterocycles. The molecule has 1 aliphatic rings. The monoisotopic (exact) mass is 395 g/mol. The Morgan fingerprint density at radius 3 is 2.72 bits per heavy atom. The molecule has 8 heteroatoms. The lowest BCUT2D eigenvalue weighted by molar-refractivity contribution is 0.0705. The van der Waals surface area contributed by atoms with E-state index in [2.05, 4.69) is 10.1 Å². The van der Waals surface area contributed by atoms with E-state index in [0.717, 1.165) is 18.5 Å². The van der Waals surface area contributed by atoms with Crippen molar-refractivity contribution in [3.8, 4) is 0 Å². The number of amides is 2. The molecule has 0 saturated carbocycles. The largest absolute Gasteiger partial charge is 0.366 e. The van der Waals surface area contributed by atoms with Crippen molar-refractivity contribution in [2.75, 3.05) is 13.1 Å². The minimum atomic E-state index is -0.606. The fourth-order valence-electron chi connectivity index (χ4n) is 3.93. The molecule has 2 amide bonds. The number of rotatable bonds is 3. The molecule has 1 unspecified atom stereocenters. The first-order valence-electron chi connectivity index (χ1n) is 9.53. The van der Waals surface area contributed by atoms with Gasteiger partial charge in [0.05, 0.1) is 28.5 Å². The predicted molar refractivity (Wildman–Crippen MR) is 106 cm³/mol. The maximum absolute atomic E-state index is 13.6. The number of benzene rings is 1. The zero-order valence-corrected chi connectivity index (χ0v) is 16.4. The number of piperidine rings is 1. The molecule has 3 aromatic rings. The fourth-order valence-corrected chi connectivity index (χ4v) is 3.93. The highest BCUT2D eigenvalue weighted by Crippen LogP contribution is 2.31. The Balaban J connectivity index is 1.69. The van der Waals surface area contributed by atoms with E-state index in [0.29, 0.717) is 35.2 Å². The van der Waals surface area contributed by atoms with Crippen molar-refractivity contribution < 1.29 is 14.0 Å². The van der Waals surface area contributed by atoms with Gasteiger partial charge in [-0.1, -0.05) is 0 Å². The lowest BCUT2D eigenvalue weighted by Crippen LogP contribution is -2.40. The smallest absolute Gasteiger partial charge is 0.257 e. The third kappa shape index (κ3) is 3.46. The van der Waals surface area contributed by atoms with Crippen LogP contribution >= 0.6 is 0 Å². The summed E-state index contributed by atoms with van der Waals surface area (Å²) in [4.78, 5) is 31.5. The van der Waals surface area contributed by atoms with Crippen molar-refractivity contribution in [1.82, 2.24) is 19.7 Å². The second-order valence-corrected chi connectivity index (χ2v) is 7.48. The van der Waals surface area contributed by atoms with Crippen LogP contribution in [-0.2, 0) is 7.05 Å². The van der Waals surface area contributed by atoms with Crippen LogP contribution in [-0.4, -0.2) is 44.6 Å². The lowest BCUT2D eigenvalue weighted by atomic mass is 9.90. The topological polar surface area (TPSA) is 94.1 Å². The highest BCUT2D eigenvalue weighted by atomic mass is 19.1. The Labute approximate surface area is 167 Å². The number of halogens is 1. The fraction of sp³-hybridized carbons (Fsp3) is 0.333. The molecule has 0 radical (unpaired) electrons. The normalized spacial score (nSPS) is 16.9. The first kappa shape index (κ1) is 19.0. The number of nitrogens with zero attached hydrogens (tertiary/aromatic N) is 4. The number of hydrogen-bond donors (Lipinski definition) is 1. The maximum atomic E-state index is 13.6. The van der Waals surface area contributed by atoms with Crippen molar-refractivity contribution in [2.45, 2.75) is 25.7 Å². The van der Waals surface area contributed by atoms with E-state index in [-0.39, 0.29) is 17.4 Å². The molecule has 29 heavy (non-hydrogen) atoms. The molecule has 1 aliphatic heterocycles. The van der Waals surface area contributed by atoms with Crippen LogP contribution in [0.1, 0.15) is 50.9 Å². The molecule has 0 bridgehead atoms.